The standard InChI is InChI=1S/C14H12N/c1-3-13-11(2)15-10-9-14(13)12-7-5-4-6-8-12/h1,3-10H,2H3. The Bertz CT molecular complexity index is 472. The van der Waals surface area contributed by atoms with Gasteiger partial charge >= 0.3 is 0 Å². The molecule has 2 rings (SSSR count). The van der Waals surface area contributed by atoms with Crippen molar-refractivity contribution in [2.24, 2.45) is 0 Å². The number of aromatic nitrogens is 1. The van der Waals surface area contributed by atoms with Crippen molar-refractivity contribution >= 4 is 6.08 Å². The Morgan fingerprint density at radius 3 is 2.53 bits per heavy atom. The van der Waals surface area contributed by atoms with Crippen molar-refractivity contribution in [2.45, 2.75) is 6.92 Å². The van der Waals surface area contributed by atoms with Crippen molar-refractivity contribution in [3.63, 3.8) is 0 Å². The molecule has 1 aromatic heterocycles. The highest BCUT2D eigenvalue weighted by Gasteiger charge is 2.04. The average molecular weight is 194 g/mol. The van der Waals surface area contributed by atoms with E-state index in [1.54, 1.807) is 6.08 Å². The zero-order valence-electron chi connectivity index (χ0n) is 8.64. The molecule has 0 aliphatic carbocycles. The van der Waals surface area contributed by atoms with Gasteiger partial charge in [0.05, 0.1) is 0 Å². The van der Waals surface area contributed by atoms with Crippen molar-refractivity contribution in [1.29, 1.82) is 0 Å². The number of pyridine rings is 1. The van der Waals surface area contributed by atoms with Gasteiger partial charge in [-0.3, -0.25) is 4.98 Å². The smallest absolute Gasteiger partial charge is 0.0451 e. The Kier molecular flexibility index (Phi) is 2.64. The number of hydrogen-bond donors (Lipinski definition) is 0. The van der Waals surface area contributed by atoms with Gasteiger partial charge in [-0.05, 0) is 24.1 Å². The van der Waals surface area contributed by atoms with Crippen LogP contribution in [-0.2, 0) is 0 Å². The maximum Gasteiger partial charge on any atom is 0.0451 e. The molecular weight excluding hydrogens is 182 g/mol. The maximum absolute atomic E-state index is 5.62. The molecule has 2 aromatic rings. The summed E-state index contributed by atoms with van der Waals surface area (Å²) >= 11 is 0. The average Bonchev–Trinajstić information content (AvgIpc) is 2.30. The number of rotatable bonds is 2. The van der Waals surface area contributed by atoms with Crippen molar-refractivity contribution in [3.8, 4) is 11.1 Å². The minimum Gasteiger partial charge on any atom is -0.261 e. The van der Waals surface area contributed by atoms with Gasteiger partial charge in [0.1, 0.15) is 0 Å². The van der Waals surface area contributed by atoms with Crippen LogP contribution in [0.25, 0.3) is 17.2 Å². The van der Waals surface area contributed by atoms with Crippen LogP contribution in [0.15, 0.2) is 42.6 Å². The third kappa shape index (κ3) is 1.82. The summed E-state index contributed by atoms with van der Waals surface area (Å²) in [7, 11) is 0. The van der Waals surface area contributed by atoms with Crippen molar-refractivity contribution in [1.82, 2.24) is 4.98 Å². The molecule has 1 radical (unpaired) electrons. The van der Waals surface area contributed by atoms with Crippen LogP contribution in [0.3, 0.4) is 0 Å². The van der Waals surface area contributed by atoms with Gasteiger partial charge in [0.2, 0.25) is 0 Å². The molecule has 0 N–H and O–H groups in total. The first-order chi connectivity index (χ1) is 7.33. The summed E-state index contributed by atoms with van der Waals surface area (Å²) in [5, 5.41) is 0. The summed E-state index contributed by atoms with van der Waals surface area (Å²) < 4.78 is 0. The van der Waals surface area contributed by atoms with Gasteiger partial charge in [-0.2, -0.15) is 0 Å². The van der Waals surface area contributed by atoms with E-state index in [0.717, 1.165) is 16.8 Å². The molecule has 0 aliphatic rings. The Morgan fingerprint density at radius 1 is 1.13 bits per heavy atom. The van der Waals surface area contributed by atoms with E-state index in [4.69, 9.17) is 6.58 Å². The van der Waals surface area contributed by atoms with Crippen LogP contribution in [0.2, 0.25) is 0 Å². The summed E-state index contributed by atoms with van der Waals surface area (Å²) in [6, 6.07) is 12.2. The van der Waals surface area contributed by atoms with Crippen LogP contribution < -0.4 is 0 Å². The maximum atomic E-state index is 5.62. The highest BCUT2D eigenvalue weighted by Crippen LogP contribution is 2.25. The Balaban J connectivity index is 2.63. The normalized spacial score (nSPS) is 9.93. The predicted octanol–water partition coefficient (Wildman–Crippen LogP) is 3.50. The SMILES string of the molecule is [CH]=Cc1c(-c2ccccc2)ccnc1C. The van der Waals surface area contributed by atoms with E-state index in [1.165, 1.54) is 5.56 Å². The first-order valence-electron chi connectivity index (χ1n) is 4.89. The molecule has 15 heavy (non-hydrogen) atoms. The number of hydrogen-bond acceptors (Lipinski definition) is 1. The second kappa shape index (κ2) is 4.09. The topological polar surface area (TPSA) is 12.9 Å². The minimum atomic E-state index is 0.957. The zero-order chi connectivity index (χ0) is 10.7. The van der Waals surface area contributed by atoms with E-state index in [1.807, 2.05) is 37.4 Å². The molecule has 1 aromatic carbocycles. The predicted molar refractivity (Wildman–Crippen MR) is 63.2 cm³/mol. The molecule has 1 nitrogen and oxygen atoms in total. The third-order valence-electron chi connectivity index (χ3n) is 2.44. The summed E-state index contributed by atoms with van der Waals surface area (Å²) in [6.07, 6.45) is 3.43. The molecule has 0 unspecified atom stereocenters. The molecular formula is C14H12N. The van der Waals surface area contributed by atoms with E-state index < -0.39 is 0 Å². The second-order valence-electron chi connectivity index (χ2n) is 3.39. The van der Waals surface area contributed by atoms with Crippen LogP contribution >= 0.6 is 0 Å². The van der Waals surface area contributed by atoms with E-state index >= 15 is 0 Å². The largest absolute Gasteiger partial charge is 0.261 e. The van der Waals surface area contributed by atoms with Gasteiger partial charge in [0.15, 0.2) is 0 Å². The molecule has 0 saturated heterocycles. The molecule has 1 heterocycles. The monoisotopic (exact) mass is 194 g/mol. The van der Waals surface area contributed by atoms with Crippen LogP contribution in [0.4, 0.5) is 0 Å². The fraction of sp³-hybridized carbons (Fsp3) is 0.0714. The Hall–Kier alpha value is -1.89. The lowest BCUT2D eigenvalue weighted by Gasteiger charge is -2.07. The number of benzene rings is 1. The summed E-state index contributed by atoms with van der Waals surface area (Å²) in [5.41, 5.74) is 4.26. The number of nitrogens with zero attached hydrogens (tertiary/aromatic N) is 1. The molecule has 1 heteroatoms. The highest BCUT2D eigenvalue weighted by atomic mass is 14.7. The molecule has 0 bridgehead atoms. The van der Waals surface area contributed by atoms with Gasteiger partial charge in [0, 0.05) is 17.5 Å². The van der Waals surface area contributed by atoms with Gasteiger partial charge < -0.3 is 0 Å². The van der Waals surface area contributed by atoms with Crippen molar-refractivity contribution in [3.05, 3.63) is 60.4 Å². The van der Waals surface area contributed by atoms with Crippen molar-refractivity contribution < 1.29 is 0 Å². The molecule has 0 aliphatic heterocycles. The quantitative estimate of drug-likeness (QED) is 0.713. The van der Waals surface area contributed by atoms with Crippen LogP contribution in [0, 0.1) is 13.5 Å². The molecule has 0 amide bonds. The van der Waals surface area contributed by atoms with E-state index in [9.17, 15) is 0 Å². The molecule has 0 fully saturated rings. The second-order valence-corrected chi connectivity index (χ2v) is 3.39. The lowest BCUT2D eigenvalue weighted by Crippen LogP contribution is -1.90. The lowest BCUT2D eigenvalue weighted by atomic mass is 10.00. The van der Waals surface area contributed by atoms with Crippen LogP contribution in [0.5, 0.6) is 0 Å². The summed E-state index contributed by atoms with van der Waals surface area (Å²) in [4.78, 5) is 4.22. The van der Waals surface area contributed by atoms with E-state index in [2.05, 4.69) is 17.1 Å². The van der Waals surface area contributed by atoms with Crippen LogP contribution in [0.1, 0.15) is 11.3 Å². The van der Waals surface area contributed by atoms with Gasteiger partial charge in [-0.15, -0.1) is 0 Å². The summed E-state index contributed by atoms with van der Waals surface area (Å²) in [5.74, 6) is 0. The first kappa shape index (κ1) is 9.66. The Morgan fingerprint density at radius 2 is 1.87 bits per heavy atom. The third-order valence-corrected chi connectivity index (χ3v) is 2.44. The minimum absolute atomic E-state index is 0.957. The lowest BCUT2D eigenvalue weighted by molar-refractivity contribution is 1.19. The van der Waals surface area contributed by atoms with E-state index in [0.29, 0.717) is 0 Å². The molecule has 0 spiro atoms. The van der Waals surface area contributed by atoms with Gasteiger partial charge in [-0.1, -0.05) is 43.0 Å². The number of aryl methyl sites for hydroxylation is 1. The van der Waals surface area contributed by atoms with Crippen molar-refractivity contribution in [2.75, 3.05) is 0 Å². The Labute approximate surface area is 90.1 Å². The fourth-order valence-corrected chi connectivity index (χ4v) is 1.66. The highest BCUT2D eigenvalue weighted by molar-refractivity contribution is 5.75. The van der Waals surface area contributed by atoms with E-state index in [-0.39, 0.29) is 0 Å². The summed E-state index contributed by atoms with van der Waals surface area (Å²) in [6.45, 7) is 7.59. The zero-order valence-corrected chi connectivity index (χ0v) is 8.64. The fourth-order valence-electron chi connectivity index (χ4n) is 1.66. The first-order valence-corrected chi connectivity index (χ1v) is 4.89. The van der Waals surface area contributed by atoms with Gasteiger partial charge in [-0.25, -0.2) is 0 Å². The molecule has 0 saturated carbocycles. The van der Waals surface area contributed by atoms with Gasteiger partial charge in [0.25, 0.3) is 0 Å². The molecule has 73 valence electrons. The molecule has 0 atom stereocenters. The van der Waals surface area contributed by atoms with Crippen LogP contribution in [-0.4, -0.2) is 4.98 Å².